The van der Waals surface area contributed by atoms with Crippen molar-refractivity contribution in [1.29, 1.82) is 0 Å². The summed E-state index contributed by atoms with van der Waals surface area (Å²) in [5, 5.41) is 16.6. The highest BCUT2D eigenvalue weighted by atomic mass is 32.1. The molecule has 22 heavy (non-hydrogen) atoms. The Bertz CT molecular complexity index is 587. The van der Waals surface area contributed by atoms with Crippen molar-refractivity contribution < 1.29 is 9.84 Å². The lowest BCUT2D eigenvalue weighted by Gasteiger charge is -2.15. The molecule has 0 bridgehead atoms. The van der Waals surface area contributed by atoms with Gasteiger partial charge in [-0.3, -0.25) is 0 Å². The van der Waals surface area contributed by atoms with E-state index in [2.05, 4.69) is 10.6 Å². The summed E-state index contributed by atoms with van der Waals surface area (Å²) in [6.07, 6.45) is -0.596. The summed E-state index contributed by atoms with van der Waals surface area (Å²) in [5.41, 5.74) is 1.73. The summed E-state index contributed by atoms with van der Waals surface area (Å²) in [7, 11) is 0. The number of aliphatic hydroxyl groups is 1. The number of anilines is 1. The molecule has 0 saturated carbocycles. The Morgan fingerprint density at radius 3 is 2.45 bits per heavy atom. The lowest BCUT2D eigenvalue weighted by molar-refractivity contribution is 0.181. The number of ether oxygens (including phenoxy) is 1. The van der Waals surface area contributed by atoms with Crippen molar-refractivity contribution in [1.82, 2.24) is 5.32 Å². The number of thiocarbonyl (C=S) groups is 1. The van der Waals surface area contributed by atoms with Crippen LogP contribution >= 0.6 is 12.2 Å². The van der Waals surface area contributed by atoms with E-state index in [1.807, 2.05) is 61.5 Å². The van der Waals surface area contributed by atoms with Crippen molar-refractivity contribution in [2.45, 2.75) is 13.0 Å². The molecule has 0 heterocycles. The van der Waals surface area contributed by atoms with Crippen molar-refractivity contribution in [3.8, 4) is 5.75 Å². The zero-order valence-electron chi connectivity index (χ0n) is 12.5. The molecule has 5 heteroatoms. The summed E-state index contributed by atoms with van der Waals surface area (Å²) in [6.45, 7) is 2.94. The van der Waals surface area contributed by atoms with Gasteiger partial charge in [0, 0.05) is 12.2 Å². The third-order valence-electron chi connectivity index (χ3n) is 3.06. The fourth-order valence-corrected chi connectivity index (χ4v) is 2.16. The molecule has 1 atom stereocenters. The third kappa shape index (κ3) is 5.02. The number of nitrogens with one attached hydrogen (secondary N) is 2. The van der Waals surface area contributed by atoms with Gasteiger partial charge in [0.05, 0.1) is 12.7 Å². The predicted octanol–water partition coefficient (Wildman–Crippen LogP) is 3.11. The average Bonchev–Trinajstić information content (AvgIpc) is 2.55. The van der Waals surface area contributed by atoms with Gasteiger partial charge in [-0.1, -0.05) is 30.3 Å². The molecule has 3 N–H and O–H groups in total. The van der Waals surface area contributed by atoms with E-state index in [1.54, 1.807) is 0 Å². The van der Waals surface area contributed by atoms with Crippen molar-refractivity contribution in [2.75, 3.05) is 18.5 Å². The van der Waals surface area contributed by atoms with Gasteiger partial charge in [-0.15, -0.1) is 0 Å². The van der Waals surface area contributed by atoms with E-state index in [1.165, 1.54) is 0 Å². The monoisotopic (exact) mass is 316 g/mol. The SMILES string of the molecule is CCOc1ccc(NC(=S)NC[C@H](O)c2ccccc2)cc1. The van der Waals surface area contributed by atoms with Crippen LogP contribution in [0, 0.1) is 0 Å². The second-order valence-electron chi connectivity index (χ2n) is 4.72. The maximum atomic E-state index is 10.1. The first-order chi connectivity index (χ1) is 10.7. The van der Waals surface area contributed by atoms with E-state index in [4.69, 9.17) is 17.0 Å². The summed E-state index contributed by atoms with van der Waals surface area (Å²) < 4.78 is 5.38. The molecule has 0 spiro atoms. The summed E-state index contributed by atoms with van der Waals surface area (Å²) in [6, 6.07) is 17.0. The first-order valence-electron chi connectivity index (χ1n) is 7.19. The van der Waals surface area contributed by atoms with Gasteiger partial charge in [0.1, 0.15) is 5.75 Å². The first kappa shape index (κ1) is 16.3. The summed E-state index contributed by atoms with van der Waals surface area (Å²) in [5.74, 6) is 0.825. The number of hydrogen-bond donors (Lipinski definition) is 3. The Morgan fingerprint density at radius 1 is 1.14 bits per heavy atom. The highest BCUT2D eigenvalue weighted by molar-refractivity contribution is 7.80. The Kier molecular flexibility index (Phi) is 6.18. The minimum atomic E-state index is -0.596. The standard InChI is InChI=1S/C17H20N2O2S/c1-2-21-15-10-8-14(9-11-15)19-17(22)18-12-16(20)13-6-4-3-5-7-13/h3-11,16,20H,2,12H2,1H3,(H2,18,19,22)/t16-/m0/s1. The molecule has 0 amide bonds. The molecular weight excluding hydrogens is 296 g/mol. The van der Waals surface area contributed by atoms with Crippen LogP contribution in [-0.2, 0) is 0 Å². The van der Waals surface area contributed by atoms with Gasteiger partial charge in [-0.25, -0.2) is 0 Å². The normalized spacial score (nSPS) is 11.5. The van der Waals surface area contributed by atoms with Crippen LogP contribution in [-0.4, -0.2) is 23.4 Å². The minimum Gasteiger partial charge on any atom is -0.494 e. The Hall–Kier alpha value is -2.11. The Labute approximate surface area is 136 Å². The van der Waals surface area contributed by atoms with Crippen LogP contribution < -0.4 is 15.4 Å². The molecule has 2 rings (SSSR count). The molecule has 0 aliphatic rings. The van der Waals surface area contributed by atoms with Crippen molar-refractivity contribution >= 4 is 23.0 Å². The van der Waals surface area contributed by atoms with Crippen LogP contribution in [0.4, 0.5) is 5.69 Å². The highest BCUT2D eigenvalue weighted by Crippen LogP contribution is 2.15. The average molecular weight is 316 g/mol. The Morgan fingerprint density at radius 2 is 1.82 bits per heavy atom. The molecule has 2 aromatic carbocycles. The van der Waals surface area contributed by atoms with Crippen LogP contribution in [0.25, 0.3) is 0 Å². The van der Waals surface area contributed by atoms with Gasteiger partial charge in [-0.05, 0) is 49.0 Å². The van der Waals surface area contributed by atoms with Crippen LogP contribution in [0.2, 0.25) is 0 Å². The van der Waals surface area contributed by atoms with Crippen LogP contribution in [0.3, 0.4) is 0 Å². The van der Waals surface area contributed by atoms with Crippen molar-refractivity contribution in [2.24, 2.45) is 0 Å². The van der Waals surface area contributed by atoms with Crippen molar-refractivity contribution in [3.63, 3.8) is 0 Å². The number of rotatable bonds is 6. The second-order valence-corrected chi connectivity index (χ2v) is 5.13. The lowest BCUT2D eigenvalue weighted by atomic mass is 10.1. The number of benzene rings is 2. The topological polar surface area (TPSA) is 53.5 Å². The molecule has 0 aliphatic heterocycles. The highest BCUT2D eigenvalue weighted by Gasteiger charge is 2.07. The number of aliphatic hydroxyl groups excluding tert-OH is 1. The molecule has 116 valence electrons. The van der Waals surface area contributed by atoms with Gasteiger partial charge in [0.25, 0.3) is 0 Å². The van der Waals surface area contributed by atoms with E-state index < -0.39 is 6.10 Å². The lowest BCUT2D eigenvalue weighted by Crippen LogP contribution is -2.32. The molecule has 0 unspecified atom stereocenters. The van der Waals surface area contributed by atoms with Crippen LogP contribution in [0.1, 0.15) is 18.6 Å². The molecule has 2 aromatic rings. The van der Waals surface area contributed by atoms with Gasteiger partial charge in [0.2, 0.25) is 0 Å². The molecule has 0 fully saturated rings. The first-order valence-corrected chi connectivity index (χ1v) is 7.60. The fraction of sp³-hybridized carbons (Fsp3) is 0.235. The summed E-state index contributed by atoms with van der Waals surface area (Å²) >= 11 is 5.22. The second kappa shape index (κ2) is 8.36. The van der Waals surface area contributed by atoms with Crippen LogP contribution in [0.15, 0.2) is 54.6 Å². The van der Waals surface area contributed by atoms with Gasteiger partial charge < -0.3 is 20.5 Å². The van der Waals surface area contributed by atoms with E-state index >= 15 is 0 Å². The Balaban J connectivity index is 1.80. The van der Waals surface area contributed by atoms with E-state index in [0.717, 1.165) is 17.0 Å². The van der Waals surface area contributed by atoms with Gasteiger partial charge in [-0.2, -0.15) is 0 Å². The van der Waals surface area contributed by atoms with E-state index in [0.29, 0.717) is 18.3 Å². The third-order valence-corrected chi connectivity index (χ3v) is 3.31. The maximum absolute atomic E-state index is 10.1. The molecule has 0 saturated heterocycles. The molecule has 4 nitrogen and oxygen atoms in total. The van der Waals surface area contributed by atoms with Gasteiger partial charge in [0.15, 0.2) is 5.11 Å². The van der Waals surface area contributed by atoms with Gasteiger partial charge >= 0.3 is 0 Å². The number of hydrogen-bond acceptors (Lipinski definition) is 3. The predicted molar refractivity (Wildman–Crippen MR) is 93.2 cm³/mol. The van der Waals surface area contributed by atoms with E-state index in [9.17, 15) is 5.11 Å². The van der Waals surface area contributed by atoms with Crippen LogP contribution in [0.5, 0.6) is 5.75 Å². The molecular formula is C17H20N2O2S. The maximum Gasteiger partial charge on any atom is 0.170 e. The minimum absolute atomic E-state index is 0.354. The molecule has 0 aromatic heterocycles. The largest absolute Gasteiger partial charge is 0.494 e. The zero-order valence-corrected chi connectivity index (χ0v) is 13.3. The smallest absolute Gasteiger partial charge is 0.170 e. The quantitative estimate of drug-likeness (QED) is 0.715. The van der Waals surface area contributed by atoms with Crippen molar-refractivity contribution in [3.05, 3.63) is 60.2 Å². The van der Waals surface area contributed by atoms with E-state index in [-0.39, 0.29) is 0 Å². The molecule has 0 radical (unpaired) electrons. The molecule has 0 aliphatic carbocycles. The fourth-order valence-electron chi connectivity index (χ4n) is 1.96. The summed E-state index contributed by atoms with van der Waals surface area (Å²) in [4.78, 5) is 0. The zero-order chi connectivity index (χ0) is 15.8.